The van der Waals surface area contributed by atoms with E-state index in [9.17, 15) is 19.2 Å². The minimum absolute atomic E-state index is 0.110. The van der Waals surface area contributed by atoms with Crippen LogP contribution in [0.1, 0.15) is 143 Å². The molecule has 0 aliphatic rings. The number of carbonyl (C=O) groups excluding carboxylic acids is 4. The number of unbranched alkanes of at least 4 members (excludes halogenated alkanes) is 2. The first-order valence-corrected chi connectivity index (χ1v) is 19.4. The van der Waals surface area contributed by atoms with Crippen LogP contribution in [-0.2, 0) is 19.0 Å². The Morgan fingerprint density at radius 2 is 1.09 bits per heavy atom. The summed E-state index contributed by atoms with van der Waals surface area (Å²) < 4.78 is 21.9. The summed E-state index contributed by atoms with van der Waals surface area (Å²) in [5.74, 6) is -0.219. The summed E-state index contributed by atoms with van der Waals surface area (Å²) in [7, 11) is 0. The third-order valence-corrected chi connectivity index (χ3v) is 9.04. The van der Waals surface area contributed by atoms with Crippen molar-refractivity contribution < 1.29 is 38.1 Å². The van der Waals surface area contributed by atoms with Gasteiger partial charge in [0.1, 0.15) is 5.75 Å². The van der Waals surface area contributed by atoms with Crippen molar-refractivity contribution >= 4 is 35.3 Å². The highest BCUT2D eigenvalue weighted by molar-refractivity contribution is 6.30. The Morgan fingerprint density at radius 3 is 1.49 bits per heavy atom. The van der Waals surface area contributed by atoms with Crippen LogP contribution in [0.15, 0.2) is 72.8 Å². The minimum Gasteiger partial charge on any atom is -0.476 e. The summed E-state index contributed by atoms with van der Waals surface area (Å²) >= 11 is 5.84. The van der Waals surface area contributed by atoms with Gasteiger partial charge in [-0.15, -0.1) is 0 Å². The molecule has 0 saturated heterocycles. The lowest BCUT2D eigenvalue weighted by atomic mass is 10.0. The Hall–Kier alpha value is -4.17. The van der Waals surface area contributed by atoms with Crippen molar-refractivity contribution in [3.63, 3.8) is 0 Å². The van der Waals surface area contributed by atoms with E-state index in [0.29, 0.717) is 58.1 Å². The Kier molecular flexibility index (Phi) is 19.9. The van der Waals surface area contributed by atoms with Gasteiger partial charge in [0.25, 0.3) is 0 Å². The monoisotopic (exact) mass is 750 g/mol. The van der Waals surface area contributed by atoms with Gasteiger partial charge >= 0.3 is 17.9 Å². The van der Waals surface area contributed by atoms with Gasteiger partial charge in [0.05, 0.1) is 30.4 Å². The van der Waals surface area contributed by atoms with Crippen molar-refractivity contribution in [3.05, 3.63) is 100 Å². The molecular weight excluding hydrogens is 692 g/mol. The quantitative estimate of drug-likeness (QED) is 0.0638. The van der Waals surface area contributed by atoms with Crippen LogP contribution < -0.4 is 4.74 Å². The topological polar surface area (TPSA) is 105 Å². The van der Waals surface area contributed by atoms with Gasteiger partial charge in [0.2, 0.25) is 0 Å². The highest BCUT2D eigenvalue weighted by Gasteiger charge is 2.32. The molecule has 0 aliphatic heterocycles. The molecule has 9 heteroatoms. The van der Waals surface area contributed by atoms with E-state index in [0.717, 1.165) is 51.4 Å². The number of rotatable bonds is 20. The fourth-order valence-electron chi connectivity index (χ4n) is 5.31. The van der Waals surface area contributed by atoms with Gasteiger partial charge in [-0.2, -0.15) is 0 Å². The van der Waals surface area contributed by atoms with E-state index in [1.165, 1.54) is 0 Å². The molecule has 0 heterocycles. The first-order valence-electron chi connectivity index (χ1n) is 19.0. The van der Waals surface area contributed by atoms with Crippen LogP contribution in [0.4, 0.5) is 0 Å². The number of carbonyl (C=O) groups is 4. The summed E-state index contributed by atoms with van der Waals surface area (Å²) in [6, 6.07) is 20.1. The molecule has 8 nitrogen and oxygen atoms in total. The van der Waals surface area contributed by atoms with Crippen LogP contribution >= 0.6 is 11.6 Å². The molecule has 0 saturated carbocycles. The van der Waals surface area contributed by atoms with Gasteiger partial charge in [0.15, 0.2) is 11.4 Å². The molecule has 0 N–H and O–H groups in total. The molecule has 0 aliphatic carbocycles. The van der Waals surface area contributed by atoms with Gasteiger partial charge in [-0.3, -0.25) is 4.79 Å². The molecule has 2 unspecified atom stereocenters. The molecule has 3 rings (SSSR count). The molecule has 53 heavy (non-hydrogen) atoms. The van der Waals surface area contributed by atoms with Crippen molar-refractivity contribution in [2.24, 2.45) is 11.8 Å². The van der Waals surface area contributed by atoms with Gasteiger partial charge < -0.3 is 18.9 Å². The van der Waals surface area contributed by atoms with Crippen LogP contribution in [0.3, 0.4) is 0 Å². The third-order valence-electron chi connectivity index (χ3n) is 8.78. The summed E-state index contributed by atoms with van der Waals surface area (Å²) in [4.78, 5) is 49.6. The van der Waals surface area contributed by atoms with Gasteiger partial charge in [-0.05, 0) is 113 Å². The fraction of sp³-hybridized carbons (Fsp3) is 0.500. The second-order valence-corrected chi connectivity index (χ2v) is 14.4. The third kappa shape index (κ3) is 15.8. The Labute approximate surface area is 321 Å². The van der Waals surface area contributed by atoms with Crippen molar-refractivity contribution in [1.82, 2.24) is 0 Å². The molecular formula is C44H59ClO8. The number of ether oxygens (including phenoxy) is 4. The van der Waals surface area contributed by atoms with Crippen LogP contribution in [0, 0.1) is 11.8 Å². The van der Waals surface area contributed by atoms with Crippen LogP contribution in [0.5, 0.6) is 5.75 Å². The van der Waals surface area contributed by atoms with E-state index in [-0.39, 0.29) is 11.9 Å². The first-order chi connectivity index (χ1) is 25.3. The lowest BCUT2D eigenvalue weighted by molar-refractivity contribution is -0.163. The largest absolute Gasteiger partial charge is 0.476 e. The normalized spacial score (nSPS) is 12.2. The van der Waals surface area contributed by atoms with E-state index in [1.54, 1.807) is 100 Å². The Balaban J connectivity index is 0.000000369. The van der Waals surface area contributed by atoms with Crippen LogP contribution in [-0.4, -0.2) is 48.6 Å². The summed E-state index contributed by atoms with van der Waals surface area (Å²) in [6.45, 7) is 16.2. The number of ketones is 1. The Bertz CT molecular complexity index is 1510. The average Bonchev–Trinajstić information content (AvgIpc) is 3.15. The van der Waals surface area contributed by atoms with E-state index in [1.807, 2.05) is 0 Å². The molecule has 0 spiro atoms. The highest BCUT2D eigenvalue weighted by Crippen LogP contribution is 2.23. The summed E-state index contributed by atoms with van der Waals surface area (Å²) in [5.41, 5.74) is 0.543. The van der Waals surface area contributed by atoms with Crippen molar-refractivity contribution in [3.8, 4) is 5.75 Å². The molecule has 0 fully saturated rings. The number of halogens is 1. The Morgan fingerprint density at radius 1 is 0.660 bits per heavy atom. The lowest BCUT2D eigenvalue weighted by Gasteiger charge is -2.25. The van der Waals surface area contributed by atoms with Crippen LogP contribution in [0.2, 0.25) is 5.02 Å². The van der Waals surface area contributed by atoms with Crippen LogP contribution in [0.25, 0.3) is 0 Å². The van der Waals surface area contributed by atoms with Gasteiger partial charge in [0, 0.05) is 16.1 Å². The van der Waals surface area contributed by atoms with E-state index < -0.39 is 23.5 Å². The number of benzene rings is 3. The van der Waals surface area contributed by atoms with Crippen molar-refractivity contribution in [2.75, 3.05) is 13.2 Å². The van der Waals surface area contributed by atoms with Gasteiger partial charge in [-0.25, -0.2) is 14.4 Å². The predicted octanol–water partition coefficient (Wildman–Crippen LogP) is 11.1. The zero-order chi connectivity index (χ0) is 39.4. The highest BCUT2D eigenvalue weighted by atomic mass is 35.5. The maximum atomic E-state index is 12.6. The zero-order valence-corrected chi connectivity index (χ0v) is 33.6. The fourth-order valence-corrected chi connectivity index (χ4v) is 5.44. The number of hydrogen-bond donors (Lipinski definition) is 0. The van der Waals surface area contributed by atoms with E-state index >= 15 is 0 Å². The zero-order valence-electron chi connectivity index (χ0n) is 32.9. The standard InChI is InChI=1S/C24H38O4.C20H21ClO4/c1-5-9-13-19(7-3)17-27-23(25)21-15-11-12-16-22(21)24(26)28-18-20(8-4)14-10-6-2;1-13(2)24-19(23)20(3,4)25-17-11-7-15(8-12-17)18(22)14-5-9-16(21)10-6-14/h11-12,15-16,19-20H,5-10,13-14,17-18H2,1-4H3;5-13H,1-4H3. The molecule has 0 amide bonds. The second kappa shape index (κ2) is 23.5. The first kappa shape index (κ1) is 45.0. The average molecular weight is 751 g/mol. The van der Waals surface area contributed by atoms with Crippen molar-refractivity contribution in [2.45, 2.75) is 118 Å². The number of esters is 3. The van der Waals surface area contributed by atoms with E-state index in [4.69, 9.17) is 30.5 Å². The maximum Gasteiger partial charge on any atom is 0.350 e. The molecule has 290 valence electrons. The van der Waals surface area contributed by atoms with Crippen molar-refractivity contribution in [1.29, 1.82) is 0 Å². The molecule has 0 bridgehead atoms. The molecule has 3 aromatic rings. The summed E-state index contributed by atoms with van der Waals surface area (Å²) in [5, 5.41) is 0.579. The molecule has 0 radical (unpaired) electrons. The second-order valence-electron chi connectivity index (χ2n) is 14.0. The SMILES string of the molecule is CC(C)OC(=O)C(C)(C)Oc1ccc(C(=O)c2ccc(Cl)cc2)cc1.CCCCC(CC)COC(=O)c1ccccc1C(=O)OCC(CC)CCCC. The smallest absolute Gasteiger partial charge is 0.350 e. The number of hydrogen-bond acceptors (Lipinski definition) is 8. The lowest BCUT2D eigenvalue weighted by Crippen LogP contribution is -2.40. The maximum absolute atomic E-state index is 12.6. The summed E-state index contributed by atoms with van der Waals surface area (Å²) in [6.07, 6.45) is 8.40. The molecule has 3 aromatic carbocycles. The molecule has 0 aromatic heterocycles. The van der Waals surface area contributed by atoms with E-state index in [2.05, 4.69) is 27.7 Å². The van der Waals surface area contributed by atoms with Gasteiger partial charge in [-0.1, -0.05) is 90.0 Å². The minimum atomic E-state index is -1.12. The predicted molar refractivity (Wildman–Crippen MR) is 211 cm³/mol. The molecule has 2 atom stereocenters.